The minimum atomic E-state index is -0.630. The fourth-order valence-corrected chi connectivity index (χ4v) is 4.14. The van der Waals surface area contributed by atoms with E-state index in [1.165, 1.54) is 5.57 Å². The zero-order valence-electron chi connectivity index (χ0n) is 16.6. The summed E-state index contributed by atoms with van der Waals surface area (Å²) in [6.45, 7) is 10.3. The molecule has 0 saturated carbocycles. The molecule has 1 heterocycles. The van der Waals surface area contributed by atoms with Gasteiger partial charge in [0.25, 0.3) is 0 Å². The minimum absolute atomic E-state index is 0.0431. The Labute approximate surface area is 156 Å². The maximum absolute atomic E-state index is 11.9. The van der Waals surface area contributed by atoms with E-state index in [1.807, 2.05) is 27.7 Å². The zero-order valence-corrected chi connectivity index (χ0v) is 16.6. The predicted molar refractivity (Wildman–Crippen MR) is 101 cm³/mol. The summed E-state index contributed by atoms with van der Waals surface area (Å²) >= 11 is 0. The largest absolute Gasteiger partial charge is 0.466 e. The van der Waals surface area contributed by atoms with Crippen molar-refractivity contribution < 1.29 is 23.9 Å². The van der Waals surface area contributed by atoms with Crippen molar-refractivity contribution >= 4 is 13.1 Å². The molecular weight excluding hydrogens is 331 g/mol. The molecule has 6 heteroatoms. The van der Waals surface area contributed by atoms with Gasteiger partial charge in [0, 0.05) is 5.92 Å². The number of hydrogen-bond donors (Lipinski definition) is 1. The molecule has 2 aliphatic carbocycles. The number of ether oxygens (including phenoxy) is 1. The molecule has 0 amide bonds. The van der Waals surface area contributed by atoms with Gasteiger partial charge < -0.3 is 19.2 Å². The Bertz CT molecular complexity index is 618. The first-order valence-electron chi connectivity index (χ1n) is 9.78. The van der Waals surface area contributed by atoms with Crippen LogP contribution in [-0.2, 0) is 18.8 Å². The molecule has 3 rings (SSSR count). The van der Waals surface area contributed by atoms with Gasteiger partial charge in [-0.1, -0.05) is 6.08 Å². The molecule has 1 saturated heterocycles. The van der Waals surface area contributed by atoms with Gasteiger partial charge in [-0.05, 0) is 76.9 Å². The van der Waals surface area contributed by atoms with Gasteiger partial charge in [0.1, 0.15) is 0 Å². The second-order valence-electron chi connectivity index (χ2n) is 8.52. The first-order chi connectivity index (χ1) is 12.2. The maximum atomic E-state index is 11.9. The van der Waals surface area contributed by atoms with Gasteiger partial charge in [-0.15, -0.1) is 0 Å². The Morgan fingerprint density at radius 2 is 1.96 bits per heavy atom. The Balaban J connectivity index is 1.77. The lowest BCUT2D eigenvalue weighted by molar-refractivity contribution is -0.142. The number of carbonyl (C=O) groups is 1. The molecule has 2 atom stereocenters. The minimum Gasteiger partial charge on any atom is -0.466 e. The number of allylic oxidation sites excluding steroid dienone is 2. The van der Waals surface area contributed by atoms with Gasteiger partial charge in [0.2, 0.25) is 0 Å². The van der Waals surface area contributed by atoms with Gasteiger partial charge in [0.05, 0.1) is 30.3 Å². The lowest BCUT2D eigenvalue weighted by atomic mass is 9.61. The van der Waals surface area contributed by atoms with Crippen LogP contribution in [0.25, 0.3) is 0 Å². The summed E-state index contributed by atoms with van der Waals surface area (Å²) in [7, 11) is -0.346. The Morgan fingerprint density at radius 3 is 2.50 bits per heavy atom. The van der Waals surface area contributed by atoms with Crippen LogP contribution in [0.5, 0.6) is 0 Å². The number of rotatable bonds is 6. The number of aliphatic hydroxyl groups excluding tert-OH is 1. The Kier molecular flexibility index (Phi) is 5.39. The van der Waals surface area contributed by atoms with E-state index in [0.717, 1.165) is 30.4 Å². The van der Waals surface area contributed by atoms with Crippen LogP contribution in [-0.4, -0.2) is 42.1 Å². The first kappa shape index (κ1) is 19.7. The van der Waals surface area contributed by atoms with E-state index in [4.69, 9.17) is 14.0 Å². The van der Waals surface area contributed by atoms with E-state index in [2.05, 4.69) is 6.08 Å². The number of carbonyl (C=O) groups excluding carboxylic acids is 1. The highest BCUT2D eigenvalue weighted by Crippen LogP contribution is 2.49. The van der Waals surface area contributed by atoms with Crippen LogP contribution in [0.15, 0.2) is 22.8 Å². The third-order valence-electron chi connectivity index (χ3n) is 6.23. The molecule has 0 unspecified atom stereocenters. The third kappa shape index (κ3) is 3.51. The smallest absolute Gasteiger partial charge is 0.458 e. The van der Waals surface area contributed by atoms with E-state index in [1.54, 1.807) is 6.92 Å². The quantitative estimate of drug-likeness (QED) is 0.579. The van der Waals surface area contributed by atoms with E-state index < -0.39 is 6.10 Å². The molecular formula is C20H31BO5. The summed E-state index contributed by atoms with van der Waals surface area (Å²) in [5, 5.41) is 10.7. The van der Waals surface area contributed by atoms with Crippen molar-refractivity contribution in [1.82, 2.24) is 0 Å². The maximum Gasteiger partial charge on any atom is 0.458 e. The summed E-state index contributed by atoms with van der Waals surface area (Å²) in [5.41, 5.74) is 2.47. The average Bonchev–Trinajstić information content (AvgIpc) is 3.12. The number of aliphatic hydroxyl groups is 1. The Morgan fingerprint density at radius 1 is 1.31 bits per heavy atom. The van der Waals surface area contributed by atoms with Crippen molar-refractivity contribution in [1.29, 1.82) is 0 Å². The number of esters is 1. The second-order valence-corrected chi connectivity index (χ2v) is 8.52. The highest BCUT2D eigenvalue weighted by atomic mass is 16.7. The first-order valence-corrected chi connectivity index (χ1v) is 9.78. The van der Waals surface area contributed by atoms with Gasteiger partial charge in [-0.3, -0.25) is 4.79 Å². The second kappa shape index (κ2) is 7.14. The molecule has 1 N–H and O–H groups in total. The summed E-state index contributed by atoms with van der Waals surface area (Å²) < 4.78 is 17.3. The van der Waals surface area contributed by atoms with Crippen molar-refractivity contribution in [3.05, 3.63) is 22.8 Å². The topological polar surface area (TPSA) is 65.0 Å². The summed E-state index contributed by atoms with van der Waals surface area (Å²) in [6, 6.07) is 0. The molecule has 1 aliphatic heterocycles. The predicted octanol–water partition coefficient (Wildman–Crippen LogP) is 3.43. The molecule has 5 nitrogen and oxygen atoms in total. The molecule has 0 radical (unpaired) electrons. The van der Waals surface area contributed by atoms with Crippen molar-refractivity contribution in [2.45, 2.75) is 83.9 Å². The van der Waals surface area contributed by atoms with Gasteiger partial charge >= 0.3 is 13.1 Å². The standard InChI is InChI=1S/C20H31BO5/c1-6-24-16(22)11-14-17(13-9-7-8-10-13)15(18(14)23)12-21-25-19(2,3)20(4,5)26-21/h9,15,18,23H,6-8,10-12H2,1-5H3/t15-,18-/m1/s1. The van der Waals surface area contributed by atoms with Crippen LogP contribution in [0.1, 0.15) is 60.3 Å². The van der Waals surface area contributed by atoms with E-state index >= 15 is 0 Å². The van der Waals surface area contributed by atoms with Gasteiger partial charge in [-0.25, -0.2) is 0 Å². The highest BCUT2D eigenvalue weighted by Gasteiger charge is 2.53. The molecule has 3 aliphatic rings. The molecule has 0 spiro atoms. The van der Waals surface area contributed by atoms with Crippen molar-refractivity contribution in [3.8, 4) is 0 Å². The average molecular weight is 362 g/mol. The van der Waals surface area contributed by atoms with Crippen LogP contribution in [0.4, 0.5) is 0 Å². The molecule has 0 bridgehead atoms. The van der Waals surface area contributed by atoms with E-state index in [-0.39, 0.29) is 36.6 Å². The van der Waals surface area contributed by atoms with Crippen LogP contribution in [0, 0.1) is 5.92 Å². The van der Waals surface area contributed by atoms with Gasteiger partial charge in [-0.2, -0.15) is 0 Å². The molecule has 0 aromatic heterocycles. The van der Waals surface area contributed by atoms with Crippen LogP contribution in [0.2, 0.25) is 6.32 Å². The molecule has 144 valence electrons. The number of hydrogen-bond acceptors (Lipinski definition) is 5. The lowest BCUT2D eigenvalue weighted by Gasteiger charge is -2.40. The Hall–Kier alpha value is -1.11. The van der Waals surface area contributed by atoms with E-state index in [0.29, 0.717) is 12.9 Å². The normalized spacial score (nSPS) is 29.6. The summed E-state index contributed by atoms with van der Waals surface area (Å²) in [5.74, 6) is -0.315. The summed E-state index contributed by atoms with van der Waals surface area (Å²) in [4.78, 5) is 11.9. The highest BCUT2D eigenvalue weighted by molar-refractivity contribution is 6.45. The lowest BCUT2D eigenvalue weighted by Crippen LogP contribution is -2.41. The van der Waals surface area contributed by atoms with E-state index in [9.17, 15) is 9.90 Å². The SMILES string of the molecule is CCOC(=O)CC1=C(C2=CCCC2)[C@@H](CB2OC(C)(C)C(C)(C)O2)[C@@H]1O. The molecule has 0 aromatic carbocycles. The van der Waals surface area contributed by atoms with Gasteiger partial charge in [0.15, 0.2) is 0 Å². The van der Waals surface area contributed by atoms with Crippen LogP contribution in [0.3, 0.4) is 0 Å². The fourth-order valence-electron chi connectivity index (χ4n) is 4.14. The molecule has 1 fully saturated rings. The van der Waals surface area contributed by atoms with Crippen molar-refractivity contribution in [2.75, 3.05) is 6.61 Å². The monoisotopic (exact) mass is 362 g/mol. The molecule has 0 aromatic rings. The van der Waals surface area contributed by atoms with Crippen molar-refractivity contribution in [2.24, 2.45) is 5.92 Å². The fraction of sp³-hybridized carbons (Fsp3) is 0.750. The summed E-state index contributed by atoms with van der Waals surface area (Å²) in [6.07, 6.45) is 5.58. The molecule has 26 heavy (non-hydrogen) atoms. The van der Waals surface area contributed by atoms with Crippen LogP contribution >= 0.6 is 0 Å². The van der Waals surface area contributed by atoms with Crippen molar-refractivity contribution in [3.63, 3.8) is 0 Å². The third-order valence-corrected chi connectivity index (χ3v) is 6.23. The zero-order chi connectivity index (χ0) is 19.1. The van der Waals surface area contributed by atoms with Crippen LogP contribution < -0.4 is 0 Å².